The van der Waals surface area contributed by atoms with Gasteiger partial charge in [0.15, 0.2) is 6.10 Å². The van der Waals surface area contributed by atoms with Crippen LogP contribution in [0.1, 0.15) is 40.5 Å². The van der Waals surface area contributed by atoms with E-state index in [1.54, 1.807) is 33.3 Å². The summed E-state index contributed by atoms with van der Waals surface area (Å²) in [4.78, 5) is 54.0. The third kappa shape index (κ3) is 10.8. The Balaban J connectivity index is 2.64. The van der Waals surface area contributed by atoms with Gasteiger partial charge in [-0.25, -0.2) is 4.79 Å². The first-order valence-electron chi connectivity index (χ1n) is 15.1. The summed E-state index contributed by atoms with van der Waals surface area (Å²) < 4.78 is 22.9. The monoisotopic (exact) mass is 630 g/mol. The molecule has 2 bridgehead atoms. The van der Waals surface area contributed by atoms with Gasteiger partial charge in [0.2, 0.25) is 11.6 Å². The Morgan fingerprint density at radius 1 is 1.09 bits per heavy atom. The molecular weight excluding hydrogens is 580 g/mol. The summed E-state index contributed by atoms with van der Waals surface area (Å²) in [5.74, 6) is -1.66. The van der Waals surface area contributed by atoms with E-state index in [0.717, 1.165) is 0 Å². The fourth-order valence-electron chi connectivity index (χ4n) is 5.54. The SMILES string of the molecule is CO[C@H]1[C@@H](OC)C[C@H](C)CC2=C(NCCN(C)C)C(=O)C=C(NC(=O)/C(C)=C\C=C\[C@H](OC)[C@@H](OC(N)=O)/C(C)=C/[C@@H]1C)C2=O. The van der Waals surface area contributed by atoms with Crippen molar-refractivity contribution in [1.29, 1.82) is 0 Å². The van der Waals surface area contributed by atoms with Crippen LogP contribution in [0.5, 0.6) is 0 Å². The number of carbonyl (C=O) groups excluding carboxylic acids is 4. The van der Waals surface area contributed by atoms with Crippen LogP contribution in [0, 0.1) is 11.8 Å². The molecule has 2 aliphatic rings. The predicted molar refractivity (Wildman–Crippen MR) is 171 cm³/mol. The minimum atomic E-state index is -0.962. The van der Waals surface area contributed by atoms with Crippen molar-refractivity contribution in [2.24, 2.45) is 17.6 Å². The van der Waals surface area contributed by atoms with Gasteiger partial charge in [0.25, 0.3) is 5.91 Å². The minimum absolute atomic E-state index is 0.0868. The second kappa shape index (κ2) is 17.8. The first-order valence-corrected chi connectivity index (χ1v) is 15.1. The lowest BCUT2D eigenvalue weighted by Crippen LogP contribution is -2.39. The van der Waals surface area contributed by atoms with Crippen LogP contribution in [0.4, 0.5) is 4.79 Å². The van der Waals surface area contributed by atoms with Gasteiger partial charge >= 0.3 is 6.09 Å². The van der Waals surface area contributed by atoms with E-state index in [9.17, 15) is 19.2 Å². The highest BCUT2D eigenvalue weighted by Gasteiger charge is 2.34. The van der Waals surface area contributed by atoms with Crippen molar-refractivity contribution < 1.29 is 38.1 Å². The molecule has 4 N–H and O–H groups in total. The van der Waals surface area contributed by atoms with Crippen molar-refractivity contribution in [2.75, 3.05) is 48.5 Å². The fourth-order valence-corrected chi connectivity index (χ4v) is 5.54. The number of nitrogens with zero attached hydrogens (tertiary/aromatic N) is 1. The van der Waals surface area contributed by atoms with Gasteiger partial charge in [-0.2, -0.15) is 0 Å². The summed E-state index contributed by atoms with van der Waals surface area (Å²) in [7, 11) is 8.50. The lowest BCUT2D eigenvalue weighted by atomic mass is 9.85. The number of nitrogens with two attached hydrogens (primary N) is 1. The Kier molecular flexibility index (Phi) is 14.9. The molecule has 6 atom stereocenters. The quantitative estimate of drug-likeness (QED) is 0.269. The first kappa shape index (κ1) is 37.6. The number of fused-ring (bicyclic) bond motifs is 2. The van der Waals surface area contributed by atoms with Gasteiger partial charge in [0.05, 0.1) is 23.6 Å². The summed E-state index contributed by atoms with van der Waals surface area (Å²) in [5.41, 5.74) is 6.82. The van der Waals surface area contributed by atoms with Gasteiger partial charge in [-0.3, -0.25) is 14.4 Å². The maximum atomic E-state index is 13.8. The van der Waals surface area contributed by atoms with Gasteiger partial charge < -0.3 is 40.2 Å². The molecule has 0 fully saturated rings. The Labute approximate surface area is 266 Å². The number of allylic oxidation sites excluding steroid dienone is 4. The molecule has 0 unspecified atom stereocenters. The molecule has 250 valence electrons. The van der Waals surface area contributed by atoms with E-state index in [1.165, 1.54) is 19.3 Å². The highest BCUT2D eigenvalue weighted by atomic mass is 16.6. The largest absolute Gasteiger partial charge is 0.439 e. The molecule has 0 spiro atoms. The zero-order chi connectivity index (χ0) is 33.8. The molecule has 0 radical (unpaired) electrons. The van der Waals surface area contributed by atoms with Gasteiger partial charge in [0.1, 0.15) is 6.10 Å². The van der Waals surface area contributed by atoms with E-state index in [1.807, 2.05) is 45.8 Å². The molecule has 2 rings (SSSR count). The molecule has 1 aliphatic heterocycles. The van der Waals surface area contributed by atoms with Gasteiger partial charge in [-0.05, 0) is 52.3 Å². The Hall–Kier alpha value is -3.58. The number of Topliss-reactive ketones (excluding diaryl/α,β-unsaturated/α-hetero) is 1. The molecule has 45 heavy (non-hydrogen) atoms. The summed E-state index contributed by atoms with van der Waals surface area (Å²) in [6.45, 7) is 8.44. The van der Waals surface area contributed by atoms with Crippen LogP contribution in [-0.4, -0.2) is 101 Å². The third-order valence-electron chi connectivity index (χ3n) is 7.89. The topological polar surface area (TPSA) is 159 Å². The Morgan fingerprint density at radius 2 is 1.78 bits per heavy atom. The first-order chi connectivity index (χ1) is 21.2. The van der Waals surface area contributed by atoms with Crippen LogP contribution >= 0.6 is 0 Å². The van der Waals surface area contributed by atoms with Crippen LogP contribution in [0.15, 0.2) is 58.5 Å². The van der Waals surface area contributed by atoms with Gasteiger partial charge in [-0.15, -0.1) is 0 Å². The van der Waals surface area contributed by atoms with Crippen molar-refractivity contribution in [2.45, 2.75) is 65.0 Å². The number of amides is 2. The Morgan fingerprint density at radius 3 is 2.36 bits per heavy atom. The predicted octanol–water partition coefficient (Wildman–Crippen LogP) is 2.57. The Bertz CT molecular complexity index is 1250. The van der Waals surface area contributed by atoms with E-state index in [0.29, 0.717) is 30.7 Å². The number of ketones is 2. The standard InChI is InChI=1S/C33H50N4O8/c1-19-15-23-28(35-13-14-37(5)6)25(38)18-24(29(23)39)36-32(40)20(2)11-10-12-26(42-7)31(45-33(34)41)22(4)17-21(3)30(44-9)27(16-19)43-8/h10-12,17-19,21,26-27,30-31,35H,13-16H2,1-9H3,(H2,34,41)(H,36,40)/b12-10+,20-11-,22-17+/t19-,21+,26+,27+,30-,31+/m1/s1. The molecule has 1 heterocycles. The molecule has 0 aromatic heterocycles. The number of carbonyl (C=O) groups is 4. The molecule has 0 aromatic rings. The maximum absolute atomic E-state index is 13.8. The van der Waals surface area contributed by atoms with Crippen LogP contribution in [-0.2, 0) is 33.3 Å². The third-order valence-corrected chi connectivity index (χ3v) is 7.89. The lowest BCUT2D eigenvalue weighted by molar-refractivity contribution is -0.120. The maximum Gasteiger partial charge on any atom is 0.405 e. The highest BCUT2D eigenvalue weighted by molar-refractivity contribution is 6.23. The number of ether oxygens (including phenoxy) is 4. The molecule has 12 nitrogen and oxygen atoms in total. The average Bonchev–Trinajstić information content (AvgIpc) is 2.97. The number of hydrogen-bond donors (Lipinski definition) is 3. The molecule has 0 saturated heterocycles. The van der Waals surface area contributed by atoms with Crippen LogP contribution < -0.4 is 16.4 Å². The summed E-state index contributed by atoms with van der Waals surface area (Å²) >= 11 is 0. The zero-order valence-electron chi connectivity index (χ0n) is 28.0. The normalized spacial score (nSPS) is 30.5. The molecule has 2 amide bonds. The van der Waals surface area contributed by atoms with Crippen molar-refractivity contribution in [1.82, 2.24) is 15.5 Å². The molecule has 0 aromatic carbocycles. The average molecular weight is 631 g/mol. The second-order valence-corrected chi connectivity index (χ2v) is 11.9. The second-order valence-electron chi connectivity index (χ2n) is 11.9. The van der Waals surface area contributed by atoms with Crippen LogP contribution in [0.2, 0.25) is 0 Å². The van der Waals surface area contributed by atoms with E-state index in [-0.39, 0.29) is 47.1 Å². The molecule has 0 saturated carbocycles. The minimum Gasteiger partial charge on any atom is -0.439 e. The van der Waals surface area contributed by atoms with Crippen molar-refractivity contribution >= 4 is 23.6 Å². The van der Waals surface area contributed by atoms with Gasteiger partial charge in [0, 0.05) is 57.6 Å². The fraction of sp³-hybridized carbons (Fsp3) is 0.576. The molecular formula is C33H50N4O8. The number of likely N-dealkylation sites (N-methyl/N-ethyl adjacent to an activating group) is 1. The van der Waals surface area contributed by atoms with Crippen LogP contribution in [0.25, 0.3) is 0 Å². The van der Waals surface area contributed by atoms with E-state index < -0.39 is 36.1 Å². The number of hydrogen-bond acceptors (Lipinski definition) is 10. The zero-order valence-corrected chi connectivity index (χ0v) is 28.0. The summed E-state index contributed by atoms with van der Waals surface area (Å²) in [6, 6.07) is 0. The van der Waals surface area contributed by atoms with E-state index in [4.69, 9.17) is 24.7 Å². The number of primary amides is 1. The molecule has 1 aliphatic carbocycles. The van der Waals surface area contributed by atoms with Crippen molar-refractivity contribution in [3.05, 3.63) is 58.5 Å². The van der Waals surface area contributed by atoms with Crippen molar-refractivity contribution in [3.8, 4) is 0 Å². The number of methoxy groups -OCH3 is 3. The van der Waals surface area contributed by atoms with E-state index in [2.05, 4.69) is 10.6 Å². The lowest BCUT2D eigenvalue weighted by Gasteiger charge is -2.32. The van der Waals surface area contributed by atoms with Crippen LogP contribution in [0.3, 0.4) is 0 Å². The summed E-state index contributed by atoms with van der Waals surface area (Å²) in [6.07, 6.45) is 5.27. The highest BCUT2D eigenvalue weighted by Crippen LogP contribution is 2.29. The van der Waals surface area contributed by atoms with E-state index >= 15 is 0 Å². The smallest absolute Gasteiger partial charge is 0.405 e. The van der Waals surface area contributed by atoms with Crippen molar-refractivity contribution in [3.63, 3.8) is 0 Å². The number of rotatable bonds is 8. The summed E-state index contributed by atoms with van der Waals surface area (Å²) in [5, 5.41) is 5.78. The van der Waals surface area contributed by atoms with Gasteiger partial charge in [-0.1, -0.05) is 38.2 Å². The molecule has 12 heteroatoms. The number of nitrogens with one attached hydrogen (secondary N) is 2.